The van der Waals surface area contributed by atoms with E-state index in [2.05, 4.69) is 6.92 Å². The molecule has 0 aromatic heterocycles. The third-order valence-corrected chi connectivity index (χ3v) is 6.29. The summed E-state index contributed by atoms with van der Waals surface area (Å²) in [4.78, 5) is 24.1. The highest BCUT2D eigenvalue weighted by Crippen LogP contribution is 2.81. The summed E-state index contributed by atoms with van der Waals surface area (Å²) in [6.07, 6.45) is 0. The Balaban J connectivity index is 1.91. The maximum absolute atomic E-state index is 12.0. The molecule has 2 nitrogen and oxygen atoms in total. The van der Waals surface area contributed by atoms with Gasteiger partial charge in [0, 0.05) is 23.7 Å². The monoisotopic (exact) mass is 188 g/mol. The standard InChI is InChI=1S/C12H12O2/c1-2-3-5-8-4(2)6-7(3)11(13)9(5)10(6)12(8)14/h2-10H,1H3/t3-,4-,5+,6+,7-,8-,9+,10+/m0/s1. The Morgan fingerprint density at radius 2 is 1.14 bits per heavy atom. The first-order valence-electron chi connectivity index (χ1n) is 5.81. The molecule has 8 atom stereocenters. The zero-order valence-electron chi connectivity index (χ0n) is 8.01. The van der Waals surface area contributed by atoms with Gasteiger partial charge in [-0.2, -0.15) is 0 Å². The van der Waals surface area contributed by atoms with E-state index >= 15 is 0 Å². The molecule has 0 radical (unpaired) electrons. The van der Waals surface area contributed by atoms with Gasteiger partial charge in [-0.3, -0.25) is 9.59 Å². The van der Waals surface area contributed by atoms with Gasteiger partial charge in [-0.1, -0.05) is 6.92 Å². The van der Waals surface area contributed by atoms with Gasteiger partial charge in [0.2, 0.25) is 0 Å². The molecule has 0 heterocycles. The van der Waals surface area contributed by atoms with Gasteiger partial charge in [0.15, 0.2) is 0 Å². The predicted molar refractivity (Wildman–Crippen MR) is 47.1 cm³/mol. The van der Waals surface area contributed by atoms with Gasteiger partial charge in [-0.25, -0.2) is 0 Å². The van der Waals surface area contributed by atoms with Crippen molar-refractivity contribution in [3.8, 4) is 0 Å². The van der Waals surface area contributed by atoms with Crippen molar-refractivity contribution in [1.82, 2.24) is 0 Å². The van der Waals surface area contributed by atoms with E-state index < -0.39 is 0 Å². The van der Waals surface area contributed by atoms with Crippen molar-refractivity contribution in [2.75, 3.05) is 0 Å². The van der Waals surface area contributed by atoms with Crippen molar-refractivity contribution in [3.63, 3.8) is 0 Å². The van der Waals surface area contributed by atoms with Crippen LogP contribution in [0.25, 0.3) is 0 Å². The lowest BCUT2D eigenvalue weighted by Gasteiger charge is -2.30. The minimum atomic E-state index is 0.202. The molecule has 0 N–H and O–H groups in total. The summed E-state index contributed by atoms with van der Waals surface area (Å²) in [6.45, 7) is 2.28. The van der Waals surface area contributed by atoms with Crippen LogP contribution in [0.2, 0.25) is 0 Å². The molecule has 0 aromatic carbocycles. The number of carbonyl (C=O) groups excluding carboxylic acids is 2. The number of rotatable bonds is 0. The maximum atomic E-state index is 12.0. The summed E-state index contributed by atoms with van der Waals surface area (Å²) in [7, 11) is 0. The molecule has 0 aromatic rings. The van der Waals surface area contributed by atoms with Crippen LogP contribution < -0.4 is 0 Å². The molecule has 72 valence electrons. The molecular weight excluding hydrogens is 176 g/mol. The summed E-state index contributed by atoms with van der Waals surface area (Å²) < 4.78 is 0. The van der Waals surface area contributed by atoms with E-state index in [0.29, 0.717) is 53.0 Å². The molecule has 6 fully saturated rings. The highest BCUT2D eigenvalue weighted by atomic mass is 16.1. The van der Waals surface area contributed by atoms with Gasteiger partial charge in [0.05, 0.1) is 0 Å². The Labute approximate surface area is 82.0 Å². The van der Waals surface area contributed by atoms with Gasteiger partial charge in [-0.15, -0.1) is 0 Å². The molecule has 0 amide bonds. The van der Waals surface area contributed by atoms with E-state index in [1.54, 1.807) is 0 Å². The second-order valence-electron chi connectivity index (χ2n) is 6.08. The number of Topliss-reactive ketones (excluding diaryl/α,β-unsaturated/α-hetero) is 2. The van der Waals surface area contributed by atoms with Crippen molar-refractivity contribution in [2.45, 2.75) is 6.92 Å². The van der Waals surface area contributed by atoms with E-state index in [1.807, 2.05) is 0 Å². The molecule has 6 rings (SSSR count). The van der Waals surface area contributed by atoms with E-state index in [9.17, 15) is 9.59 Å². The summed E-state index contributed by atoms with van der Waals surface area (Å²) in [5.41, 5.74) is 0. The lowest BCUT2D eigenvalue weighted by molar-refractivity contribution is -0.125. The fraction of sp³-hybridized carbons (Fsp3) is 0.833. The SMILES string of the molecule is CC1[C@@H]2[C@@H]3C(=O)[C@H]4[C@@H]5C(=O)[C@@H]([C@@H]1[C@@H]53)[C@H]42. The van der Waals surface area contributed by atoms with Crippen LogP contribution in [0.3, 0.4) is 0 Å². The fourth-order valence-electron chi connectivity index (χ4n) is 6.42. The molecule has 6 bridgehead atoms. The molecule has 2 heteroatoms. The molecule has 14 heavy (non-hydrogen) atoms. The second-order valence-corrected chi connectivity index (χ2v) is 6.08. The lowest BCUT2D eigenvalue weighted by atomic mass is 9.71. The Hall–Kier alpha value is -0.660. The lowest BCUT2D eigenvalue weighted by Crippen LogP contribution is -2.30. The van der Waals surface area contributed by atoms with Crippen LogP contribution in [0.15, 0.2) is 0 Å². The van der Waals surface area contributed by atoms with Crippen molar-refractivity contribution in [3.05, 3.63) is 0 Å². The minimum Gasteiger partial charge on any atom is -0.299 e. The van der Waals surface area contributed by atoms with Crippen molar-refractivity contribution in [2.24, 2.45) is 53.3 Å². The number of carbonyl (C=O) groups is 2. The fourth-order valence-corrected chi connectivity index (χ4v) is 6.42. The van der Waals surface area contributed by atoms with E-state index in [-0.39, 0.29) is 11.8 Å². The van der Waals surface area contributed by atoms with Crippen LogP contribution in [0.5, 0.6) is 0 Å². The van der Waals surface area contributed by atoms with Crippen molar-refractivity contribution in [1.29, 1.82) is 0 Å². The summed E-state index contributed by atoms with van der Waals surface area (Å²) in [5.74, 6) is 4.97. The van der Waals surface area contributed by atoms with Crippen LogP contribution in [0.4, 0.5) is 0 Å². The van der Waals surface area contributed by atoms with Gasteiger partial charge < -0.3 is 0 Å². The highest BCUT2D eigenvalue weighted by Gasteiger charge is 2.85. The molecule has 0 spiro atoms. The third kappa shape index (κ3) is 0.344. The summed E-state index contributed by atoms with van der Waals surface area (Å²) in [5, 5.41) is 0. The first-order chi connectivity index (χ1) is 6.73. The van der Waals surface area contributed by atoms with Crippen LogP contribution in [-0.4, -0.2) is 11.6 Å². The van der Waals surface area contributed by atoms with E-state index in [0.717, 1.165) is 0 Å². The Bertz CT molecular complexity index is 375. The topological polar surface area (TPSA) is 34.1 Å². The largest absolute Gasteiger partial charge is 0.299 e. The van der Waals surface area contributed by atoms with Gasteiger partial charge >= 0.3 is 0 Å². The maximum Gasteiger partial charge on any atom is 0.140 e. The number of ketones is 2. The van der Waals surface area contributed by atoms with Crippen LogP contribution >= 0.6 is 0 Å². The van der Waals surface area contributed by atoms with Gasteiger partial charge in [0.25, 0.3) is 0 Å². The Morgan fingerprint density at radius 3 is 1.57 bits per heavy atom. The van der Waals surface area contributed by atoms with Crippen LogP contribution in [0, 0.1) is 53.3 Å². The zero-order chi connectivity index (χ0) is 9.35. The number of hydrogen-bond acceptors (Lipinski definition) is 2. The van der Waals surface area contributed by atoms with Crippen LogP contribution in [0.1, 0.15) is 6.92 Å². The third-order valence-electron chi connectivity index (χ3n) is 6.29. The van der Waals surface area contributed by atoms with Crippen molar-refractivity contribution >= 4 is 11.6 Å². The molecule has 0 saturated heterocycles. The van der Waals surface area contributed by atoms with Gasteiger partial charge in [0.1, 0.15) is 11.6 Å². The molecule has 0 aliphatic heterocycles. The normalized spacial score (nSPS) is 75.1. The minimum absolute atomic E-state index is 0.202. The predicted octanol–water partition coefficient (Wildman–Crippen LogP) is 0.758. The molecule has 6 aliphatic rings. The second kappa shape index (κ2) is 1.52. The molecule has 0 unspecified atom stereocenters. The summed E-state index contributed by atoms with van der Waals surface area (Å²) >= 11 is 0. The average Bonchev–Trinajstić information content (AvgIpc) is 2.86. The number of hydrogen-bond donors (Lipinski definition) is 0. The van der Waals surface area contributed by atoms with E-state index in [1.165, 1.54) is 0 Å². The molecule has 6 aliphatic carbocycles. The highest BCUT2D eigenvalue weighted by molar-refractivity contribution is 6.05. The van der Waals surface area contributed by atoms with E-state index in [4.69, 9.17) is 0 Å². The smallest absolute Gasteiger partial charge is 0.140 e. The average molecular weight is 188 g/mol. The molecular formula is C12H12O2. The zero-order valence-corrected chi connectivity index (χ0v) is 8.01. The first kappa shape index (κ1) is 6.76. The van der Waals surface area contributed by atoms with Gasteiger partial charge in [-0.05, 0) is 29.6 Å². The first-order valence-corrected chi connectivity index (χ1v) is 5.81. The quantitative estimate of drug-likeness (QED) is 0.562. The summed E-state index contributed by atoms with van der Waals surface area (Å²) in [6, 6.07) is 0. The molecule has 6 saturated carbocycles. The van der Waals surface area contributed by atoms with Crippen molar-refractivity contribution < 1.29 is 9.59 Å². The Kier molecular flexibility index (Phi) is 0.732. The Morgan fingerprint density at radius 1 is 0.714 bits per heavy atom. The van der Waals surface area contributed by atoms with Crippen LogP contribution in [-0.2, 0) is 9.59 Å².